The normalized spacial score (nSPS) is 14.7. The van der Waals surface area contributed by atoms with Gasteiger partial charge in [-0.05, 0) is 37.5 Å². The van der Waals surface area contributed by atoms with Crippen LogP contribution in [0.4, 0.5) is 5.00 Å². The van der Waals surface area contributed by atoms with Gasteiger partial charge in [-0.3, -0.25) is 0 Å². The zero-order valence-electron chi connectivity index (χ0n) is 10.2. The number of nitrogens with two attached hydrogens (primary N) is 1. The molecule has 0 atom stereocenters. The van der Waals surface area contributed by atoms with E-state index >= 15 is 0 Å². The molecule has 0 saturated carbocycles. The van der Waals surface area contributed by atoms with Gasteiger partial charge >= 0.3 is 0 Å². The molecule has 0 aromatic carbocycles. The van der Waals surface area contributed by atoms with Crippen LogP contribution in [0.2, 0.25) is 0 Å². The first-order valence-corrected chi connectivity index (χ1v) is 8.22. The average Bonchev–Trinajstić information content (AvgIpc) is 2.92. The molecule has 0 radical (unpaired) electrons. The number of thioether (sulfide) groups is 1. The standard InChI is InChI=1S/C12H15N3OS2/c1-17-6-9-14-12(16-15-9)10-7-4-2-3-5-8(7)18-11(10)13/h2-6,13H2,1H3. The first-order valence-electron chi connectivity index (χ1n) is 6.01. The number of anilines is 1. The Morgan fingerprint density at radius 3 is 3.06 bits per heavy atom. The second-order valence-corrected chi connectivity index (χ2v) is 6.40. The largest absolute Gasteiger partial charge is 0.390 e. The van der Waals surface area contributed by atoms with Gasteiger partial charge in [0, 0.05) is 4.88 Å². The fourth-order valence-corrected chi connectivity index (χ4v) is 3.89. The molecule has 0 aliphatic heterocycles. The van der Waals surface area contributed by atoms with Crippen molar-refractivity contribution in [3.05, 3.63) is 16.3 Å². The molecule has 96 valence electrons. The van der Waals surface area contributed by atoms with Crippen LogP contribution in [0.1, 0.15) is 29.1 Å². The zero-order chi connectivity index (χ0) is 12.5. The maximum Gasteiger partial charge on any atom is 0.261 e. The Labute approximate surface area is 114 Å². The highest BCUT2D eigenvalue weighted by Gasteiger charge is 2.24. The number of aryl methyl sites for hydroxylation is 1. The lowest BCUT2D eigenvalue weighted by Crippen LogP contribution is -1.99. The molecule has 1 aliphatic carbocycles. The summed E-state index contributed by atoms with van der Waals surface area (Å²) in [5.41, 5.74) is 8.45. The predicted molar refractivity (Wildman–Crippen MR) is 75.9 cm³/mol. The summed E-state index contributed by atoms with van der Waals surface area (Å²) in [6.07, 6.45) is 6.72. The lowest BCUT2D eigenvalue weighted by Gasteiger charge is -2.10. The van der Waals surface area contributed by atoms with Crippen LogP contribution >= 0.6 is 23.1 Å². The van der Waals surface area contributed by atoms with E-state index in [1.165, 1.54) is 23.3 Å². The van der Waals surface area contributed by atoms with Crippen LogP contribution < -0.4 is 5.73 Å². The Morgan fingerprint density at radius 1 is 1.39 bits per heavy atom. The number of nitrogen functional groups attached to an aromatic ring is 1. The van der Waals surface area contributed by atoms with Gasteiger partial charge in [-0.2, -0.15) is 16.7 Å². The summed E-state index contributed by atoms with van der Waals surface area (Å²) in [4.78, 5) is 5.84. The second kappa shape index (κ2) is 4.93. The second-order valence-electron chi connectivity index (χ2n) is 4.40. The van der Waals surface area contributed by atoms with Crippen molar-refractivity contribution < 1.29 is 4.52 Å². The molecule has 0 saturated heterocycles. The van der Waals surface area contributed by atoms with Crippen LogP contribution in [0.25, 0.3) is 11.5 Å². The maximum atomic E-state index is 6.12. The predicted octanol–water partition coefficient (Wildman–Crippen LogP) is 3.12. The fourth-order valence-electron chi connectivity index (χ4n) is 2.36. The van der Waals surface area contributed by atoms with Gasteiger partial charge in [-0.1, -0.05) is 5.16 Å². The maximum absolute atomic E-state index is 6.12. The summed E-state index contributed by atoms with van der Waals surface area (Å²) >= 11 is 3.36. The molecule has 6 heteroatoms. The molecule has 0 amide bonds. The molecule has 18 heavy (non-hydrogen) atoms. The summed E-state index contributed by atoms with van der Waals surface area (Å²) in [5.74, 6) is 2.11. The van der Waals surface area contributed by atoms with Gasteiger partial charge < -0.3 is 10.3 Å². The number of rotatable bonds is 3. The monoisotopic (exact) mass is 281 g/mol. The molecule has 0 unspecified atom stereocenters. The molecule has 0 spiro atoms. The van der Waals surface area contributed by atoms with E-state index in [-0.39, 0.29) is 0 Å². The Hall–Kier alpha value is -1.01. The van der Waals surface area contributed by atoms with Crippen LogP contribution in [0.15, 0.2) is 4.52 Å². The molecule has 1 aliphatic rings. The van der Waals surface area contributed by atoms with Crippen LogP contribution in [0, 0.1) is 0 Å². The number of fused-ring (bicyclic) bond motifs is 1. The van der Waals surface area contributed by atoms with Gasteiger partial charge in [0.2, 0.25) is 0 Å². The lowest BCUT2D eigenvalue weighted by atomic mass is 9.95. The average molecular weight is 281 g/mol. The highest BCUT2D eigenvalue weighted by molar-refractivity contribution is 7.97. The summed E-state index contributed by atoms with van der Waals surface area (Å²) in [6.45, 7) is 0. The number of hydrogen-bond donors (Lipinski definition) is 1. The minimum absolute atomic E-state index is 0.593. The van der Waals surface area contributed by atoms with Crippen molar-refractivity contribution in [2.45, 2.75) is 31.4 Å². The first kappa shape index (κ1) is 12.0. The van der Waals surface area contributed by atoms with Crippen LogP contribution in [-0.2, 0) is 18.6 Å². The lowest BCUT2D eigenvalue weighted by molar-refractivity contribution is 0.425. The number of nitrogens with zero attached hydrogens (tertiary/aromatic N) is 2. The number of hydrogen-bond acceptors (Lipinski definition) is 6. The zero-order valence-corrected chi connectivity index (χ0v) is 11.9. The van der Waals surface area contributed by atoms with E-state index < -0.39 is 0 Å². The highest BCUT2D eigenvalue weighted by atomic mass is 32.2. The van der Waals surface area contributed by atoms with Gasteiger partial charge in [0.05, 0.1) is 16.3 Å². The third kappa shape index (κ3) is 2.03. The molecule has 0 fully saturated rings. The fraction of sp³-hybridized carbons (Fsp3) is 0.500. The van der Waals surface area contributed by atoms with Crippen molar-refractivity contribution in [2.75, 3.05) is 12.0 Å². The number of aromatic nitrogens is 2. The topological polar surface area (TPSA) is 64.9 Å². The minimum atomic E-state index is 0.593. The Kier molecular flexibility index (Phi) is 3.30. The number of thiophene rings is 1. The third-order valence-electron chi connectivity index (χ3n) is 3.15. The van der Waals surface area contributed by atoms with Crippen LogP contribution in [0.5, 0.6) is 0 Å². The molecule has 2 heterocycles. The van der Waals surface area contributed by atoms with Gasteiger partial charge in [0.25, 0.3) is 5.89 Å². The van der Waals surface area contributed by atoms with Gasteiger partial charge in [-0.15, -0.1) is 11.3 Å². The van der Waals surface area contributed by atoms with Crippen molar-refractivity contribution >= 4 is 28.1 Å². The van der Waals surface area contributed by atoms with E-state index in [1.54, 1.807) is 23.1 Å². The van der Waals surface area contributed by atoms with E-state index in [9.17, 15) is 0 Å². The first-order chi connectivity index (χ1) is 8.79. The van der Waals surface area contributed by atoms with Gasteiger partial charge in [0.1, 0.15) is 0 Å². The van der Waals surface area contributed by atoms with Crippen LogP contribution in [-0.4, -0.2) is 16.4 Å². The van der Waals surface area contributed by atoms with E-state index in [1.807, 2.05) is 6.26 Å². The molecular weight excluding hydrogens is 266 g/mol. The molecule has 0 bridgehead atoms. The Morgan fingerprint density at radius 2 is 2.22 bits per heavy atom. The highest BCUT2D eigenvalue weighted by Crippen LogP contribution is 2.41. The van der Waals surface area contributed by atoms with E-state index in [0.29, 0.717) is 5.89 Å². The molecule has 2 N–H and O–H groups in total. The molecule has 3 rings (SSSR count). The third-order valence-corrected chi connectivity index (χ3v) is 4.82. The molecular formula is C12H15N3OS2. The van der Waals surface area contributed by atoms with Gasteiger partial charge in [0.15, 0.2) is 5.82 Å². The Balaban J connectivity index is 2.02. The smallest absolute Gasteiger partial charge is 0.261 e. The van der Waals surface area contributed by atoms with Crippen molar-refractivity contribution in [1.29, 1.82) is 0 Å². The quantitative estimate of drug-likeness (QED) is 0.936. The van der Waals surface area contributed by atoms with Gasteiger partial charge in [-0.25, -0.2) is 0 Å². The molecule has 2 aromatic heterocycles. The summed E-state index contributed by atoms with van der Waals surface area (Å²) < 4.78 is 5.36. The molecule has 4 nitrogen and oxygen atoms in total. The van der Waals surface area contributed by atoms with Crippen molar-refractivity contribution in [1.82, 2.24) is 10.1 Å². The van der Waals surface area contributed by atoms with E-state index in [4.69, 9.17) is 10.3 Å². The summed E-state index contributed by atoms with van der Waals surface area (Å²) in [6, 6.07) is 0. The minimum Gasteiger partial charge on any atom is -0.390 e. The summed E-state index contributed by atoms with van der Waals surface area (Å²) in [5, 5.41) is 4.81. The summed E-state index contributed by atoms with van der Waals surface area (Å²) in [7, 11) is 0. The molecule has 2 aromatic rings. The van der Waals surface area contributed by atoms with Crippen LogP contribution in [0.3, 0.4) is 0 Å². The van der Waals surface area contributed by atoms with Crippen molar-refractivity contribution in [3.8, 4) is 11.5 Å². The SMILES string of the molecule is CSCc1noc(-c2c(N)sc3c2CCCC3)n1. The van der Waals surface area contributed by atoms with E-state index in [2.05, 4.69) is 10.1 Å². The van der Waals surface area contributed by atoms with E-state index in [0.717, 1.165) is 35.0 Å². The van der Waals surface area contributed by atoms with Crippen molar-refractivity contribution in [2.24, 2.45) is 0 Å². The Bertz CT molecular complexity index is 562. The van der Waals surface area contributed by atoms with Crippen molar-refractivity contribution in [3.63, 3.8) is 0 Å².